The molecule has 1 aromatic carbocycles. The molecule has 132 valence electrons. The third-order valence-corrected chi connectivity index (χ3v) is 4.38. The molecule has 1 unspecified atom stereocenters. The summed E-state index contributed by atoms with van der Waals surface area (Å²) in [7, 11) is 0. The number of alkyl halides is 2. The van der Waals surface area contributed by atoms with E-state index in [-0.39, 0.29) is 38.6 Å². The molecule has 2 heterocycles. The Labute approximate surface area is 145 Å². The highest BCUT2D eigenvalue weighted by Gasteiger charge is 2.45. The summed E-state index contributed by atoms with van der Waals surface area (Å²) in [4.78, 5) is 17.8. The topological polar surface area (TPSA) is 42.4 Å². The van der Waals surface area contributed by atoms with E-state index in [0.29, 0.717) is 5.56 Å². The molecule has 4 nitrogen and oxygen atoms in total. The Morgan fingerprint density at radius 3 is 2.76 bits per heavy atom. The van der Waals surface area contributed by atoms with E-state index in [1.54, 1.807) is 18.3 Å². The van der Waals surface area contributed by atoms with Gasteiger partial charge in [0.05, 0.1) is 24.7 Å². The van der Waals surface area contributed by atoms with Gasteiger partial charge >= 0.3 is 0 Å². The number of nitrogens with zero attached hydrogens (tertiary/aromatic N) is 2. The molecular formula is C19H20F2N2O2. The summed E-state index contributed by atoms with van der Waals surface area (Å²) in [5.41, 5.74) is 1.35. The fourth-order valence-corrected chi connectivity index (χ4v) is 2.90. The van der Waals surface area contributed by atoms with Gasteiger partial charge < -0.3 is 9.64 Å². The first-order valence-corrected chi connectivity index (χ1v) is 8.25. The minimum Gasteiger partial charge on any atom is -0.376 e. The molecule has 1 atom stereocenters. The first-order chi connectivity index (χ1) is 12.1. The van der Waals surface area contributed by atoms with Gasteiger partial charge in [0.25, 0.3) is 11.8 Å². The van der Waals surface area contributed by atoms with Crippen molar-refractivity contribution in [3.63, 3.8) is 0 Å². The maximum absolute atomic E-state index is 14.2. The number of halogens is 2. The zero-order chi connectivity index (χ0) is 17.7. The zero-order valence-corrected chi connectivity index (χ0v) is 13.8. The van der Waals surface area contributed by atoms with Crippen molar-refractivity contribution in [2.24, 2.45) is 5.92 Å². The van der Waals surface area contributed by atoms with Crippen LogP contribution in [0.4, 0.5) is 8.78 Å². The largest absolute Gasteiger partial charge is 0.376 e. The Hall–Kier alpha value is -2.34. The fourth-order valence-electron chi connectivity index (χ4n) is 2.90. The molecule has 1 amide bonds. The van der Waals surface area contributed by atoms with Crippen molar-refractivity contribution in [3.05, 3.63) is 66.0 Å². The van der Waals surface area contributed by atoms with Crippen molar-refractivity contribution in [3.8, 4) is 0 Å². The summed E-state index contributed by atoms with van der Waals surface area (Å²) in [6, 6.07) is 12.7. The first-order valence-electron chi connectivity index (χ1n) is 8.25. The molecule has 0 radical (unpaired) electrons. The molecule has 25 heavy (non-hydrogen) atoms. The fraction of sp³-hybridized carbons (Fsp3) is 0.368. The summed E-state index contributed by atoms with van der Waals surface area (Å²) in [5, 5.41) is 0. The van der Waals surface area contributed by atoms with Crippen molar-refractivity contribution in [2.45, 2.75) is 19.0 Å². The van der Waals surface area contributed by atoms with Crippen molar-refractivity contribution in [2.75, 3.05) is 19.7 Å². The van der Waals surface area contributed by atoms with Gasteiger partial charge in [0.2, 0.25) is 0 Å². The van der Waals surface area contributed by atoms with Crippen LogP contribution in [0.2, 0.25) is 0 Å². The first kappa shape index (κ1) is 17.5. The molecule has 1 aliphatic heterocycles. The second kappa shape index (κ2) is 7.70. The van der Waals surface area contributed by atoms with E-state index in [1.165, 1.54) is 11.1 Å². The summed E-state index contributed by atoms with van der Waals surface area (Å²) in [6.07, 6.45) is 2.68. The molecule has 0 N–H and O–H groups in total. The Kier molecular flexibility index (Phi) is 5.38. The average Bonchev–Trinajstić information content (AvgIpc) is 2.64. The quantitative estimate of drug-likeness (QED) is 0.833. The summed E-state index contributed by atoms with van der Waals surface area (Å²) < 4.78 is 33.9. The van der Waals surface area contributed by atoms with Crippen LogP contribution >= 0.6 is 0 Å². The van der Waals surface area contributed by atoms with E-state index in [1.807, 2.05) is 30.3 Å². The number of carbonyl (C=O) groups excluding carboxylic acids is 1. The number of piperidine rings is 1. The number of pyridine rings is 1. The van der Waals surface area contributed by atoms with Crippen molar-refractivity contribution in [1.29, 1.82) is 0 Å². The molecule has 0 aliphatic carbocycles. The molecule has 1 fully saturated rings. The number of ether oxygens (including phenoxy) is 1. The van der Waals surface area contributed by atoms with Gasteiger partial charge in [0, 0.05) is 31.9 Å². The lowest BCUT2D eigenvalue weighted by molar-refractivity contribution is -0.124. The third-order valence-electron chi connectivity index (χ3n) is 4.38. The van der Waals surface area contributed by atoms with E-state index in [4.69, 9.17) is 4.74 Å². The highest BCUT2D eigenvalue weighted by atomic mass is 19.3. The lowest BCUT2D eigenvalue weighted by Crippen LogP contribution is -2.50. The highest BCUT2D eigenvalue weighted by Crippen LogP contribution is 2.34. The molecule has 0 spiro atoms. The maximum atomic E-state index is 14.2. The SMILES string of the molecule is O=C(c1cccnc1)N1CCC(F)(F)C(COCc2ccccc2)C1. The number of likely N-dealkylation sites (tertiary alicyclic amines) is 1. The summed E-state index contributed by atoms with van der Waals surface area (Å²) >= 11 is 0. The second-order valence-corrected chi connectivity index (χ2v) is 6.20. The van der Waals surface area contributed by atoms with Crippen LogP contribution in [0.5, 0.6) is 0 Å². The van der Waals surface area contributed by atoms with Crippen LogP contribution < -0.4 is 0 Å². The molecule has 2 aromatic rings. The number of hydrogen-bond donors (Lipinski definition) is 0. The van der Waals surface area contributed by atoms with Gasteiger partial charge in [0.1, 0.15) is 0 Å². The molecule has 0 bridgehead atoms. The third kappa shape index (κ3) is 4.39. The van der Waals surface area contributed by atoms with E-state index in [0.717, 1.165) is 5.56 Å². The second-order valence-electron chi connectivity index (χ2n) is 6.20. The molecule has 1 aromatic heterocycles. The minimum atomic E-state index is -2.83. The van der Waals surface area contributed by atoms with Gasteiger partial charge in [-0.25, -0.2) is 8.78 Å². The average molecular weight is 346 g/mol. The number of carbonyl (C=O) groups is 1. The summed E-state index contributed by atoms with van der Waals surface area (Å²) in [6.45, 7) is 0.216. The Morgan fingerprint density at radius 1 is 1.24 bits per heavy atom. The smallest absolute Gasteiger partial charge is 0.256 e. The Morgan fingerprint density at radius 2 is 2.04 bits per heavy atom. The van der Waals surface area contributed by atoms with Crippen LogP contribution in [0, 0.1) is 5.92 Å². The van der Waals surface area contributed by atoms with E-state index < -0.39 is 11.8 Å². The van der Waals surface area contributed by atoms with Gasteiger partial charge in [-0.15, -0.1) is 0 Å². The van der Waals surface area contributed by atoms with Gasteiger partial charge in [-0.2, -0.15) is 0 Å². The molecule has 0 saturated carbocycles. The predicted molar refractivity (Wildman–Crippen MR) is 89.3 cm³/mol. The maximum Gasteiger partial charge on any atom is 0.256 e. The van der Waals surface area contributed by atoms with E-state index in [9.17, 15) is 13.6 Å². The standard InChI is InChI=1S/C19H20F2N2O2/c20-19(21)8-10-23(18(24)16-7-4-9-22-11-16)12-17(19)14-25-13-15-5-2-1-3-6-15/h1-7,9,11,17H,8,10,12-14H2. The van der Waals surface area contributed by atoms with E-state index in [2.05, 4.69) is 4.98 Å². The molecule has 3 rings (SSSR count). The van der Waals surface area contributed by atoms with Gasteiger partial charge in [-0.1, -0.05) is 30.3 Å². The number of aromatic nitrogens is 1. The Bertz CT molecular complexity index is 695. The van der Waals surface area contributed by atoms with Crippen molar-refractivity contribution >= 4 is 5.91 Å². The number of hydrogen-bond acceptors (Lipinski definition) is 3. The Balaban J connectivity index is 1.60. The minimum absolute atomic E-state index is 0.0183. The van der Waals surface area contributed by atoms with E-state index >= 15 is 0 Å². The van der Waals surface area contributed by atoms with Crippen LogP contribution in [0.3, 0.4) is 0 Å². The van der Waals surface area contributed by atoms with Crippen LogP contribution in [0.1, 0.15) is 22.3 Å². The monoisotopic (exact) mass is 346 g/mol. The van der Waals surface area contributed by atoms with Crippen molar-refractivity contribution in [1.82, 2.24) is 9.88 Å². The number of amides is 1. The highest BCUT2D eigenvalue weighted by molar-refractivity contribution is 5.93. The zero-order valence-electron chi connectivity index (χ0n) is 13.8. The van der Waals surface area contributed by atoms with Crippen LogP contribution in [0.25, 0.3) is 0 Å². The molecule has 6 heteroatoms. The molecule has 1 saturated heterocycles. The van der Waals surface area contributed by atoms with Crippen LogP contribution in [-0.4, -0.2) is 41.4 Å². The normalized spacial score (nSPS) is 19.6. The van der Waals surface area contributed by atoms with Gasteiger partial charge in [0.15, 0.2) is 0 Å². The van der Waals surface area contributed by atoms with Crippen LogP contribution in [0.15, 0.2) is 54.9 Å². The summed E-state index contributed by atoms with van der Waals surface area (Å²) in [5.74, 6) is -4.11. The lowest BCUT2D eigenvalue weighted by Gasteiger charge is -2.38. The molecule has 1 aliphatic rings. The molecular weight excluding hydrogens is 326 g/mol. The number of benzene rings is 1. The predicted octanol–water partition coefficient (Wildman–Crippen LogP) is 3.40. The van der Waals surface area contributed by atoms with Gasteiger partial charge in [-0.3, -0.25) is 9.78 Å². The van der Waals surface area contributed by atoms with Crippen molar-refractivity contribution < 1.29 is 18.3 Å². The van der Waals surface area contributed by atoms with Crippen LogP contribution in [-0.2, 0) is 11.3 Å². The lowest BCUT2D eigenvalue weighted by atomic mass is 9.93. The van der Waals surface area contributed by atoms with Gasteiger partial charge in [-0.05, 0) is 17.7 Å². The number of rotatable bonds is 5.